The summed E-state index contributed by atoms with van der Waals surface area (Å²) in [6, 6.07) is 10.2. The van der Waals surface area contributed by atoms with E-state index in [1.54, 1.807) is 20.3 Å². The lowest BCUT2D eigenvalue weighted by Gasteiger charge is -2.13. The van der Waals surface area contributed by atoms with E-state index < -0.39 is 0 Å². The van der Waals surface area contributed by atoms with Crippen LogP contribution < -0.4 is 20.5 Å². The predicted octanol–water partition coefficient (Wildman–Crippen LogP) is 3.20. The molecule has 1 aliphatic rings. The average Bonchev–Trinajstić information content (AvgIpc) is 2.94. The third-order valence-electron chi connectivity index (χ3n) is 4.33. The summed E-state index contributed by atoms with van der Waals surface area (Å²) in [7, 11) is 3.33. The van der Waals surface area contributed by atoms with Crippen molar-refractivity contribution in [1.29, 1.82) is 0 Å². The zero-order valence-electron chi connectivity index (χ0n) is 13.4. The fourth-order valence-electron chi connectivity index (χ4n) is 3.07. The van der Waals surface area contributed by atoms with Crippen LogP contribution in [-0.4, -0.2) is 20.3 Å². The first-order valence-corrected chi connectivity index (χ1v) is 7.99. The van der Waals surface area contributed by atoms with Gasteiger partial charge in [-0.25, -0.2) is 0 Å². The molecule has 122 valence electrons. The largest absolute Gasteiger partial charge is 0.493 e. The minimum absolute atomic E-state index is 0.386. The predicted molar refractivity (Wildman–Crippen MR) is 93.4 cm³/mol. The van der Waals surface area contributed by atoms with Crippen molar-refractivity contribution < 1.29 is 9.47 Å². The maximum atomic E-state index is 6.01. The molecule has 0 aliphatic heterocycles. The standard InChI is InChI=1S/C18H21ClN2O2/c1-22-17-7-12-5-15(6-13(12)8-18(17)23-2)21-10-11-3-4-14(19)9-16(11)20/h3-4,7-9,15,21H,5-6,10,20H2,1-2H3. The second-order valence-corrected chi connectivity index (χ2v) is 6.24. The van der Waals surface area contributed by atoms with Crippen LogP contribution in [0.1, 0.15) is 16.7 Å². The van der Waals surface area contributed by atoms with Crippen LogP contribution >= 0.6 is 11.6 Å². The fraction of sp³-hybridized carbons (Fsp3) is 0.333. The number of rotatable bonds is 5. The molecule has 3 rings (SSSR count). The molecule has 0 unspecified atom stereocenters. The van der Waals surface area contributed by atoms with Crippen molar-refractivity contribution >= 4 is 17.3 Å². The maximum absolute atomic E-state index is 6.01. The Balaban J connectivity index is 1.67. The van der Waals surface area contributed by atoms with Gasteiger partial charge in [0.15, 0.2) is 11.5 Å². The van der Waals surface area contributed by atoms with Crippen molar-refractivity contribution in [1.82, 2.24) is 5.32 Å². The number of hydrogen-bond donors (Lipinski definition) is 2. The highest BCUT2D eigenvalue weighted by Gasteiger charge is 2.23. The zero-order chi connectivity index (χ0) is 16.4. The first-order chi connectivity index (χ1) is 11.1. The van der Waals surface area contributed by atoms with Gasteiger partial charge in [-0.1, -0.05) is 17.7 Å². The quantitative estimate of drug-likeness (QED) is 0.826. The lowest BCUT2D eigenvalue weighted by atomic mass is 10.1. The summed E-state index contributed by atoms with van der Waals surface area (Å²) in [6.45, 7) is 0.732. The van der Waals surface area contributed by atoms with E-state index in [1.165, 1.54) is 11.1 Å². The number of fused-ring (bicyclic) bond motifs is 1. The van der Waals surface area contributed by atoms with Gasteiger partial charge in [0.05, 0.1) is 14.2 Å². The molecule has 0 heterocycles. The highest BCUT2D eigenvalue weighted by atomic mass is 35.5. The van der Waals surface area contributed by atoms with Crippen LogP contribution in [0.4, 0.5) is 5.69 Å². The summed E-state index contributed by atoms with van der Waals surface area (Å²) in [4.78, 5) is 0. The SMILES string of the molecule is COc1cc2c(cc1OC)CC(NCc1ccc(Cl)cc1N)C2. The molecule has 1 aliphatic carbocycles. The normalized spacial score (nSPS) is 13.9. The minimum Gasteiger partial charge on any atom is -0.493 e. The van der Waals surface area contributed by atoms with E-state index in [4.69, 9.17) is 26.8 Å². The van der Waals surface area contributed by atoms with Crippen LogP contribution in [0.5, 0.6) is 11.5 Å². The number of halogens is 1. The van der Waals surface area contributed by atoms with Crippen LogP contribution in [0.3, 0.4) is 0 Å². The first-order valence-electron chi connectivity index (χ1n) is 7.61. The van der Waals surface area contributed by atoms with Gasteiger partial charge in [-0.2, -0.15) is 0 Å². The van der Waals surface area contributed by atoms with Gasteiger partial charge in [-0.05, 0) is 53.8 Å². The lowest BCUT2D eigenvalue weighted by Crippen LogP contribution is -2.29. The highest BCUT2D eigenvalue weighted by Crippen LogP contribution is 2.35. The molecule has 23 heavy (non-hydrogen) atoms. The Bertz CT molecular complexity index is 685. The fourth-order valence-corrected chi connectivity index (χ4v) is 3.25. The highest BCUT2D eigenvalue weighted by molar-refractivity contribution is 6.30. The topological polar surface area (TPSA) is 56.5 Å². The average molecular weight is 333 g/mol. The molecule has 0 fully saturated rings. The van der Waals surface area contributed by atoms with Gasteiger partial charge >= 0.3 is 0 Å². The maximum Gasteiger partial charge on any atom is 0.161 e. The Labute approximate surface area is 141 Å². The number of benzene rings is 2. The summed E-state index contributed by atoms with van der Waals surface area (Å²) < 4.78 is 10.8. The summed E-state index contributed by atoms with van der Waals surface area (Å²) >= 11 is 5.94. The Kier molecular flexibility index (Phi) is 4.64. The summed E-state index contributed by atoms with van der Waals surface area (Å²) in [5, 5.41) is 4.24. The summed E-state index contributed by atoms with van der Waals surface area (Å²) in [5.74, 6) is 1.57. The number of nitrogens with two attached hydrogens (primary N) is 1. The molecule has 0 aromatic heterocycles. The summed E-state index contributed by atoms with van der Waals surface area (Å²) in [5.41, 5.74) is 10.4. The lowest BCUT2D eigenvalue weighted by molar-refractivity contribution is 0.354. The van der Waals surface area contributed by atoms with E-state index in [9.17, 15) is 0 Å². The molecule has 0 bridgehead atoms. The van der Waals surface area contributed by atoms with Gasteiger partial charge < -0.3 is 20.5 Å². The van der Waals surface area contributed by atoms with E-state index >= 15 is 0 Å². The molecule has 0 amide bonds. The van der Waals surface area contributed by atoms with Crippen LogP contribution in [0, 0.1) is 0 Å². The molecule has 2 aromatic carbocycles. The van der Waals surface area contributed by atoms with E-state index in [0.717, 1.165) is 42.1 Å². The van der Waals surface area contributed by atoms with Crippen LogP contribution in [0.2, 0.25) is 5.02 Å². The van der Waals surface area contributed by atoms with Gasteiger partial charge in [-0.15, -0.1) is 0 Å². The number of nitrogen functional groups attached to an aromatic ring is 1. The molecular weight excluding hydrogens is 312 g/mol. The van der Waals surface area contributed by atoms with Crippen molar-refractivity contribution in [3.63, 3.8) is 0 Å². The first kappa shape index (κ1) is 16.0. The number of nitrogens with one attached hydrogen (secondary N) is 1. The van der Waals surface area contributed by atoms with E-state index in [-0.39, 0.29) is 0 Å². The van der Waals surface area contributed by atoms with Gasteiger partial charge in [-0.3, -0.25) is 0 Å². The molecule has 0 atom stereocenters. The van der Waals surface area contributed by atoms with E-state index in [2.05, 4.69) is 17.4 Å². The van der Waals surface area contributed by atoms with Crippen molar-refractivity contribution in [2.45, 2.75) is 25.4 Å². The van der Waals surface area contributed by atoms with E-state index in [1.807, 2.05) is 12.1 Å². The number of ether oxygens (including phenoxy) is 2. The Morgan fingerprint density at radius 2 is 1.70 bits per heavy atom. The smallest absolute Gasteiger partial charge is 0.161 e. The second-order valence-electron chi connectivity index (χ2n) is 5.81. The van der Waals surface area contributed by atoms with Crippen LogP contribution in [0.15, 0.2) is 30.3 Å². The minimum atomic E-state index is 0.386. The number of methoxy groups -OCH3 is 2. The molecule has 3 N–H and O–H groups in total. The summed E-state index contributed by atoms with van der Waals surface area (Å²) in [6.07, 6.45) is 1.95. The van der Waals surface area contributed by atoms with Gasteiger partial charge in [0.2, 0.25) is 0 Å². The Morgan fingerprint density at radius 3 is 2.22 bits per heavy atom. The molecule has 0 spiro atoms. The van der Waals surface area contributed by atoms with Crippen molar-refractivity contribution in [2.24, 2.45) is 0 Å². The van der Waals surface area contributed by atoms with Gasteiger partial charge in [0, 0.05) is 23.3 Å². The number of anilines is 1. The Morgan fingerprint density at radius 1 is 1.09 bits per heavy atom. The number of hydrogen-bond acceptors (Lipinski definition) is 4. The molecule has 0 saturated carbocycles. The molecule has 2 aromatic rings. The monoisotopic (exact) mass is 332 g/mol. The Hall–Kier alpha value is -1.91. The van der Waals surface area contributed by atoms with Crippen molar-refractivity contribution in [3.8, 4) is 11.5 Å². The third-order valence-corrected chi connectivity index (χ3v) is 4.56. The van der Waals surface area contributed by atoms with Crippen LogP contribution in [-0.2, 0) is 19.4 Å². The van der Waals surface area contributed by atoms with Crippen LogP contribution in [0.25, 0.3) is 0 Å². The molecule has 5 heteroatoms. The van der Waals surface area contributed by atoms with Crippen molar-refractivity contribution in [2.75, 3.05) is 20.0 Å². The van der Waals surface area contributed by atoms with E-state index in [0.29, 0.717) is 11.1 Å². The second kappa shape index (κ2) is 6.69. The molecule has 4 nitrogen and oxygen atoms in total. The molecule has 0 radical (unpaired) electrons. The molecule has 0 saturated heterocycles. The zero-order valence-corrected chi connectivity index (χ0v) is 14.1. The third kappa shape index (κ3) is 3.38. The van der Waals surface area contributed by atoms with Crippen molar-refractivity contribution in [3.05, 3.63) is 52.0 Å². The molecular formula is C18H21ClN2O2. The van der Waals surface area contributed by atoms with Gasteiger partial charge in [0.25, 0.3) is 0 Å². The van der Waals surface area contributed by atoms with Gasteiger partial charge in [0.1, 0.15) is 0 Å².